The molecule has 5 nitrogen and oxygen atoms in total. The summed E-state index contributed by atoms with van der Waals surface area (Å²) in [5, 5.41) is 2.17. The summed E-state index contributed by atoms with van der Waals surface area (Å²) in [6.07, 6.45) is 1.25. The van der Waals surface area contributed by atoms with Crippen molar-refractivity contribution in [2.45, 2.75) is 25.3 Å². The van der Waals surface area contributed by atoms with Crippen molar-refractivity contribution in [2.75, 3.05) is 32.8 Å². The fourth-order valence-corrected chi connectivity index (χ4v) is 2.62. The van der Waals surface area contributed by atoms with Crippen molar-refractivity contribution in [1.29, 1.82) is 0 Å². The average Bonchev–Trinajstić information content (AvgIpc) is 2.99. The van der Waals surface area contributed by atoms with Crippen LogP contribution in [0, 0.1) is 5.92 Å². The minimum Gasteiger partial charge on any atom is -0.464 e. The number of furan rings is 1. The fourth-order valence-electron chi connectivity index (χ4n) is 2.62. The normalized spacial score (nSPS) is 29.4. The number of nitrogens with two attached hydrogens (primary N) is 1. The van der Waals surface area contributed by atoms with Crippen molar-refractivity contribution in [3.8, 4) is 0 Å². The van der Waals surface area contributed by atoms with Crippen molar-refractivity contribution < 1.29 is 9.15 Å². The highest BCUT2D eigenvalue weighted by molar-refractivity contribution is 5.19. The molecule has 1 aromatic heterocycles. The molecule has 3 unspecified atom stereocenters. The Morgan fingerprint density at radius 1 is 1.42 bits per heavy atom. The zero-order valence-corrected chi connectivity index (χ0v) is 11.5. The molecule has 0 bridgehead atoms. The number of nitrogens with zero attached hydrogens (tertiary/aromatic N) is 1. The summed E-state index contributed by atoms with van der Waals surface area (Å²) in [4.78, 5) is 0. The van der Waals surface area contributed by atoms with E-state index >= 15 is 0 Å². The number of nitrogens with one attached hydrogen (secondary N) is 1. The quantitative estimate of drug-likeness (QED) is 0.838. The Balaban J connectivity index is 1.62. The molecular formula is C14H23N3O2. The lowest BCUT2D eigenvalue weighted by Gasteiger charge is -2.30. The summed E-state index contributed by atoms with van der Waals surface area (Å²) >= 11 is 0. The highest BCUT2D eigenvalue weighted by atomic mass is 16.5. The van der Waals surface area contributed by atoms with Gasteiger partial charge in [0.2, 0.25) is 0 Å². The first-order valence-corrected chi connectivity index (χ1v) is 7.16. The molecule has 0 radical (unpaired) electrons. The highest BCUT2D eigenvalue weighted by Crippen LogP contribution is 2.47. The molecule has 1 aliphatic heterocycles. The molecule has 3 atom stereocenters. The molecule has 0 amide bonds. The standard InChI is InChI=1S/C14H23N3O2/c1-10-8-11(10)13-2-3-14(19-13)12(9-15)16-17-4-6-18-7-5-17/h2-3,10-12,16H,4-9,15H2,1H3. The lowest BCUT2D eigenvalue weighted by molar-refractivity contribution is 0.00224. The van der Waals surface area contributed by atoms with Gasteiger partial charge in [-0.25, -0.2) is 10.4 Å². The number of ether oxygens (including phenoxy) is 1. The summed E-state index contributed by atoms with van der Waals surface area (Å²) in [5.41, 5.74) is 9.31. The molecule has 1 saturated carbocycles. The van der Waals surface area contributed by atoms with Gasteiger partial charge in [0.05, 0.1) is 19.3 Å². The van der Waals surface area contributed by atoms with Crippen LogP contribution in [0.3, 0.4) is 0 Å². The van der Waals surface area contributed by atoms with Gasteiger partial charge in [-0.15, -0.1) is 0 Å². The van der Waals surface area contributed by atoms with Crippen molar-refractivity contribution >= 4 is 0 Å². The third-order valence-corrected chi connectivity index (χ3v) is 4.05. The Kier molecular flexibility index (Phi) is 3.88. The zero-order chi connectivity index (χ0) is 13.2. The summed E-state index contributed by atoms with van der Waals surface area (Å²) in [6.45, 7) is 6.12. The molecule has 106 valence electrons. The number of hydrogen-bond donors (Lipinski definition) is 2. The molecule has 2 aliphatic rings. The van der Waals surface area contributed by atoms with Crippen molar-refractivity contribution in [3.63, 3.8) is 0 Å². The lowest BCUT2D eigenvalue weighted by Crippen LogP contribution is -2.48. The van der Waals surface area contributed by atoms with Crippen LogP contribution in [0.15, 0.2) is 16.5 Å². The van der Waals surface area contributed by atoms with Gasteiger partial charge in [-0.3, -0.25) is 0 Å². The van der Waals surface area contributed by atoms with Gasteiger partial charge in [0, 0.05) is 25.6 Å². The van der Waals surface area contributed by atoms with E-state index < -0.39 is 0 Å². The minimum atomic E-state index is 0.0564. The SMILES string of the molecule is CC1CC1c1ccc(C(CN)NN2CCOCC2)o1. The van der Waals surface area contributed by atoms with Crippen LogP contribution >= 0.6 is 0 Å². The number of morpholine rings is 1. The highest BCUT2D eigenvalue weighted by Gasteiger charge is 2.37. The van der Waals surface area contributed by atoms with Gasteiger partial charge < -0.3 is 14.9 Å². The molecule has 3 rings (SSSR count). The second kappa shape index (κ2) is 5.63. The predicted molar refractivity (Wildman–Crippen MR) is 72.6 cm³/mol. The van der Waals surface area contributed by atoms with Crippen molar-refractivity contribution in [1.82, 2.24) is 10.4 Å². The smallest absolute Gasteiger partial charge is 0.123 e. The number of hydrazine groups is 1. The van der Waals surface area contributed by atoms with Crippen LogP contribution < -0.4 is 11.2 Å². The number of hydrogen-bond acceptors (Lipinski definition) is 5. The number of rotatable bonds is 5. The average molecular weight is 265 g/mol. The van der Waals surface area contributed by atoms with E-state index in [1.807, 2.05) is 0 Å². The largest absolute Gasteiger partial charge is 0.464 e. The van der Waals surface area contributed by atoms with Crippen LogP contribution in [0.1, 0.15) is 36.8 Å². The first-order chi connectivity index (χ1) is 9.28. The van der Waals surface area contributed by atoms with E-state index in [1.54, 1.807) is 0 Å². The van der Waals surface area contributed by atoms with E-state index in [1.165, 1.54) is 6.42 Å². The van der Waals surface area contributed by atoms with Gasteiger partial charge in [-0.2, -0.15) is 0 Å². The van der Waals surface area contributed by atoms with Gasteiger partial charge in [0.1, 0.15) is 11.5 Å². The fraction of sp³-hybridized carbons (Fsp3) is 0.714. The van der Waals surface area contributed by atoms with Crippen LogP contribution in [0.4, 0.5) is 0 Å². The van der Waals surface area contributed by atoms with E-state index in [9.17, 15) is 0 Å². The molecule has 0 aromatic carbocycles. The first-order valence-electron chi connectivity index (χ1n) is 7.16. The Bertz CT molecular complexity index is 415. The van der Waals surface area contributed by atoms with E-state index in [0.29, 0.717) is 12.5 Å². The third-order valence-electron chi connectivity index (χ3n) is 4.05. The molecule has 19 heavy (non-hydrogen) atoms. The Labute approximate surface area is 114 Å². The van der Waals surface area contributed by atoms with Crippen LogP contribution in [0.2, 0.25) is 0 Å². The molecule has 2 fully saturated rings. The maximum atomic E-state index is 5.97. The second-order valence-corrected chi connectivity index (χ2v) is 5.58. The summed E-state index contributed by atoms with van der Waals surface area (Å²) < 4.78 is 11.3. The molecule has 0 spiro atoms. The van der Waals surface area contributed by atoms with Gasteiger partial charge in [-0.05, 0) is 24.5 Å². The van der Waals surface area contributed by atoms with Crippen LogP contribution in [0.25, 0.3) is 0 Å². The minimum absolute atomic E-state index is 0.0564. The summed E-state index contributed by atoms with van der Waals surface area (Å²) in [6, 6.07) is 4.22. The second-order valence-electron chi connectivity index (χ2n) is 5.58. The van der Waals surface area contributed by atoms with Crippen LogP contribution in [-0.2, 0) is 4.74 Å². The molecule has 5 heteroatoms. The van der Waals surface area contributed by atoms with Crippen LogP contribution in [-0.4, -0.2) is 37.9 Å². The van der Waals surface area contributed by atoms with E-state index in [2.05, 4.69) is 29.5 Å². The topological polar surface area (TPSA) is 63.7 Å². The summed E-state index contributed by atoms with van der Waals surface area (Å²) in [7, 11) is 0. The van der Waals surface area contributed by atoms with Crippen molar-refractivity contribution in [2.24, 2.45) is 11.7 Å². The molecule has 2 heterocycles. The Hall–Kier alpha value is -0.880. The van der Waals surface area contributed by atoms with Gasteiger partial charge in [-0.1, -0.05) is 6.92 Å². The van der Waals surface area contributed by atoms with Crippen molar-refractivity contribution in [3.05, 3.63) is 23.7 Å². The molecule has 1 aliphatic carbocycles. The maximum absolute atomic E-state index is 5.97. The van der Waals surface area contributed by atoms with E-state index in [0.717, 1.165) is 43.7 Å². The third kappa shape index (κ3) is 3.00. The van der Waals surface area contributed by atoms with Gasteiger partial charge >= 0.3 is 0 Å². The molecule has 1 aromatic rings. The Morgan fingerprint density at radius 2 is 2.16 bits per heavy atom. The molecule has 3 N–H and O–H groups in total. The van der Waals surface area contributed by atoms with Gasteiger partial charge in [0.25, 0.3) is 0 Å². The van der Waals surface area contributed by atoms with E-state index in [4.69, 9.17) is 14.9 Å². The van der Waals surface area contributed by atoms with Gasteiger partial charge in [0.15, 0.2) is 0 Å². The van der Waals surface area contributed by atoms with E-state index in [-0.39, 0.29) is 6.04 Å². The summed E-state index contributed by atoms with van der Waals surface area (Å²) in [5.74, 6) is 3.45. The predicted octanol–water partition coefficient (Wildman–Crippen LogP) is 1.24. The molecule has 1 saturated heterocycles. The zero-order valence-electron chi connectivity index (χ0n) is 11.5. The first kappa shape index (κ1) is 13.1. The Morgan fingerprint density at radius 3 is 2.79 bits per heavy atom. The lowest BCUT2D eigenvalue weighted by atomic mass is 10.2. The monoisotopic (exact) mass is 265 g/mol. The molecular weight excluding hydrogens is 242 g/mol. The van der Waals surface area contributed by atoms with Crippen LogP contribution in [0.5, 0.6) is 0 Å². The maximum Gasteiger partial charge on any atom is 0.123 e.